The lowest BCUT2D eigenvalue weighted by Gasteiger charge is -1.96. The number of anilines is 1. The highest BCUT2D eigenvalue weighted by Crippen LogP contribution is 2.24. The zero-order valence-corrected chi connectivity index (χ0v) is 8.45. The SMILES string of the molecule is N#Cc1ccc(Sc2nc(N)n[nH]2)cc1. The lowest BCUT2D eigenvalue weighted by molar-refractivity contribution is 0.974. The van der Waals surface area contributed by atoms with Crippen molar-refractivity contribution in [3.05, 3.63) is 29.8 Å². The summed E-state index contributed by atoms with van der Waals surface area (Å²) in [6.45, 7) is 0. The number of rotatable bonds is 2. The van der Waals surface area contributed by atoms with Gasteiger partial charge < -0.3 is 5.73 Å². The third-order valence-electron chi connectivity index (χ3n) is 1.68. The minimum atomic E-state index is 0.228. The average molecular weight is 217 g/mol. The number of nitriles is 1. The number of hydrogen-bond donors (Lipinski definition) is 2. The molecule has 2 aromatic rings. The third-order valence-corrected chi connectivity index (χ3v) is 2.56. The first-order valence-corrected chi connectivity index (χ1v) is 4.95. The maximum absolute atomic E-state index is 8.62. The molecular formula is C9H7N5S. The second kappa shape index (κ2) is 4.02. The number of aromatic nitrogens is 3. The molecule has 0 unspecified atom stereocenters. The summed E-state index contributed by atoms with van der Waals surface area (Å²) in [5.74, 6) is 0.228. The van der Waals surface area contributed by atoms with Crippen LogP contribution in [-0.2, 0) is 0 Å². The van der Waals surface area contributed by atoms with E-state index in [2.05, 4.69) is 21.3 Å². The molecule has 0 spiro atoms. The molecule has 5 nitrogen and oxygen atoms in total. The van der Waals surface area contributed by atoms with Crippen LogP contribution in [0.4, 0.5) is 5.95 Å². The van der Waals surface area contributed by atoms with Gasteiger partial charge in [0.25, 0.3) is 0 Å². The van der Waals surface area contributed by atoms with Crippen molar-refractivity contribution in [3.8, 4) is 6.07 Å². The van der Waals surface area contributed by atoms with Gasteiger partial charge in [0, 0.05) is 4.90 Å². The van der Waals surface area contributed by atoms with Crippen LogP contribution in [0.2, 0.25) is 0 Å². The van der Waals surface area contributed by atoms with Crippen LogP contribution < -0.4 is 5.73 Å². The Morgan fingerprint density at radius 2 is 2.07 bits per heavy atom. The van der Waals surface area contributed by atoms with E-state index in [1.807, 2.05) is 12.1 Å². The zero-order chi connectivity index (χ0) is 10.7. The maximum atomic E-state index is 8.62. The molecule has 0 amide bonds. The molecule has 0 radical (unpaired) electrons. The summed E-state index contributed by atoms with van der Waals surface area (Å²) >= 11 is 1.41. The van der Waals surface area contributed by atoms with Gasteiger partial charge in [-0.15, -0.1) is 5.10 Å². The van der Waals surface area contributed by atoms with E-state index in [9.17, 15) is 0 Å². The van der Waals surface area contributed by atoms with E-state index in [-0.39, 0.29) is 5.95 Å². The van der Waals surface area contributed by atoms with Gasteiger partial charge >= 0.3 is 0 Å². The third kappa shape index (κ3) is 2.27. The fourth-order valence-corrected chi connectivity index (χ4v) is 1.74. The minimum absolute atomic E-state index is 0.228. The molecule has 1 aromatic carbocycles. The summed E-state index contributed by atoms with van der Waals surface area (Å²) in [5, 5.41) is 15.7. The fraction of sp³-hybridized carbons (Fsp3) is 0. The molecule has 3 N–H and O–H groups in total. The Hall–Kier alpha value is -2.00. The first-order chi connectivity index (χ1) is 7.28. The van der Waals surface area contributed by atoms with Gasteiger partial charge in [-0.25, -0.2) is 0 Å². The van der Waals surface area contributed by atoms with Crippen molar-refractivity contribution in [3.63, 3.8) is 0 Å². The van der Waals surface area contributed by atoms with E-state index in [4.69, 9.17) is 11.0 Å². The number of nitrogens with one attached hydrogen (secondary N) is 1. The number of nitrogen functional groups attached to an aromatic ring is 1. The molecule has 1 aromatic heterocycles. The normalized spacial score (nSPS) is 9.80. The van der Waals surface area contributed by atoms with Crippen LogP contribution in [0.25, 0.3) is 0 Å². The van der Waals surface area contributed by atoms with Crippen LogP contribution in [0.3, 0.4) is 0 Å². The van der Waals surface area contributed by atoms with E-state index in [1.54, 1.807) is 12.1 Å². The van der Waals surface area contributed by atoms with E-state index in [1.165, 1.54) is 11.8 Å². The van der Waals surface area contributed by atoms with Gasteiger partial charge in [-0.05, 0) is 24.3 Å². The summed E-state index contributed by atoms with van der Waals surface area (Å²) < 4.78 is 0. The van der Waals surface area contributed by atoms with Crippen LogP contribution in [0.1, 0.15) is 5.56 Å². The van der Waals surface area contributed by atoms with Crippen molar-refractivity contribution in [2.45, 2.75) is 10.1 Å². The Bertz CT molecular complexity index is 496. The monoisotopic (exact) mass is 217 g/mol. The Kier molecular flexibility index (Phi) is 2.56. The van der Waals surface area contributed by atoms with Crippen LogP contribution in [0, 0.1) is 11.3 Å². The summed E-state index contributed by atoms with van der Waals surface area (Å²) in [6.07, 6.45) is 0. The topological polar surface area (TPSA) is 91.4 Å². The smallest absolute Gasteiger partial charge is 0.240 e. The summed E-state index contributed by atoms with van der Waals surface area (Å²) in [6, 6.07) is 9.26. The van der Waals surface area contributed by atoms with Crippen LogP contribution in [0.15, 0.2) is 34.3 Å². The van der Waals surface area contributed by atoms with Gasteiger partial charge in [0.05, 0.1) is 11.6 Å². The van der Waals surface area contributed by atoms with Gasteiger partial charge in [0.1, 0.15) is 0 Å². The van der Waals surface area contributed by atoms with Crippen molar-refractivity contribution in [1.82, 2.24) is 15.2 Å². The molecule has 15 heavy (non-hydrogen) atoms. The Balaban J connectivity index is 2.15. The Morgan fingerprint density at radius 1 is 1.33 bits per heavy atom. The van der Waals surface area contributed by atoms with Crippen molar-refractivity contribution in [1.29, 1.82) is 5.26 Å². The lowest BCUT2D eigenvalue weighted by Crippen LogP contribution is -1.85. The van der Waals surface area contributed by atoms with E-state index >= 15 is 0 Å². The minimum Gasteiger partial charge on any atom is -0.366 e. The second-order valence-electron chi connectivity index (χ2n) is 2.74. The predicted octanol–water partition coefficient (Wildman–Crippen LogP) is 1.41. The Morgan fingerprint density at radius 3 is 2.60 bits per heavy atom. The first kappa shape index (κ1) is 9.55. The van der Waals surface area contributed by atoms with Crippen molar-refractivity contribution >= 4 is 17.7 Å². The quantitative estimate of drug-likeness (QED) is 0.793. The maximum Gasteiger partial charge on any atom is 0.240 e. The fourth-order valence-electron chi connectivity index (χ4n) is 1.01. The van der Waals surface area contributed by atoms with Gasteiger partial charge in [-0.3, -0.25) is 5.10 Å². The molecule has 0 aliphatic carbocycles. The number of nitrogens with zero attached hydrogens (tertiary/aromatic N) is 3. The second-order valence-corrected chi connectivity index (χ2v) is 3.80. The van der Waals surface area contributed by atoms with Crippen molar-refractivity contribution in [2.24, 2.45) is 0 Å². The molecule has 6 heteroatoms. The lowest BCUT2D eigenvalue weighted by atomic mass is 10.2. The molecule has 0 saturated heterocycles. The highest BCUT2D eigenvalue weighted by Gasteiger charge is 2.02. The Labute approximate surface area is 90.3 Å². The van der Waals surface area contributed by atoms with E-state index < -0.39 is 0 Å². The van der Waals surface area contributed by atoms with Crippen molar-refractivity contribution in [2.75, 3.05) is 5.73 Å². The van der Waals surface area contributed by atoms with Crippen LogP contribution in [-0.4, -0.2) is 15.2 Å². The number of aromatic amines is 1. The molecule has 0 fully saturated rings. The zero-order valence-electron chi connectivity index (χ0n) is 7.64. The van der Waals surface area contributed by atoms with E-state index in [0.717, 1.165) is 4.90 Å². The summed E-state index contributed by atoms with van der Waals surface area (Å²) in [7, 11) is 0. The van der Waals surface area contributed by atoms with Crippen molar-refractivity contribution < 1.29 is 0 Å². The highest BCUT2D eigenvalue weighted by molar-refractivity contribution is 7.99. The van der Waals surface area contributed by atoms with Crippen LogP contribution >= 0.6 is 11.8 Å². The molecule has 1 heterocycles. The molecule has 0 bridgehead atoms. The number of benzene rings is 1. The molecule has 74 valence electrons. The molecule has 0 atom stereocenters. The molecule has 2 rings (SSSR count). The predicted molar refractivity (Wildman–Crippen MR) is 56.1 cm³/mol. The summed E-state index contributed by atoms with van der Waals surface area (Å²) in [4.78, 5) is 4.93. The average Bonchev–Trinajstić information content (AvgIpc) is 2.65. The highest BCUT2D eigenvalue weighted by atomic mass is 32.2. The van der Waals surface area contributed by atoms with Gasteiger partial charge in [-0.1, -0.05) is 11.8 Å². The summed E-state index contributed by atoms with van der Waals surface area (Å²) in [5.41, 5.74) is 6.00. The van der Waals surface area contributed by atoms with Crippen LogP contribution in [0.5, 0.6) is 0 Å². The molecule has 0 aliphatic heterocycles. The van der Waals surface area contributed by atoms with Gasteiger partial charge in [0.15, 0.2) is 5.16 Å². The number of H-pyrrole nitrogens is 1. The standard InChI is InChI=1S/C9H7N5S/c10-5-6-1-3-7(4-2-6)15-9-12-8(11)13-14-9/h1-4H,(H3,11,12,13,14). The number of hydrogen-bond acceptors (Lipinski definition) is 5. The molecular weight excluding hydrogens is 210 g/mol. The first-order valence-electron chi connectivity index (χ1n) is 4.14. The molecule has 0 aliphatic rings. The molecule has 0 saturated carbocycles. The van der Waals surface area contributed by atoms with E-state index in [0.29, 0.717) is 10.7 Å². The van der Waals surface area contributed by atoms with Gasteiger partial charge in [-0.2, -0.15) is 10.2 Å². The largest absolute Gasteiger partial charge is 0.366 e. The van der Waals surface area contributed by atoms with Gasteiger partial charge in [0.2, 0.25) is 5.95 Å². The number of nitrogens with two attached hydrogens (primary N) is 1.